The highest BCUT2D eigenvalue weighted by atomic mass is 16.5. The third-order valence-corrected chi connectivity index (χ3v) is 5.86. The van der Waals surface area contributed by atoms with Gasteiger partial charge in [-0.2, -0.15) is 4.98 Å². The first-order chi connectivity index (χ1) is 15.1. The number of nitrogens with one attached hydrogen (secondary N) is 2. The molecule has 2 N–H and O–H groups in total. The number of hydrogen-bond acceptors (Lipinski definition) is 6. The molecule has 0 saturated heterocycles. The van der Waals surface area contributed by atoms with Crippen LogP contribution < -0.4 is 20.3 Å². The smallest absolute Gasteiger partial charge is 0.225 e. The highest BCUT2D eigenvalue weighted by molar-refractivity contribution is 5.90. The van der Waals surface area contributed by atoms with Gasteiger partial charge in [0.1, 0.15) is 18.2 Å². The van der Waals surface area contributed by atoms with E-state index in [2.05, 4.69) is 46.7 Å². The van der Waals surface area contributed by atoms with Gasteiger partial charge in [-0.1, -0.05) is 24.3 Å². The summed E-state index contributed by atoms with van der Waals surface area (Å²) < 4.78 is 5.85. The Kier molecular flexibility index (Phi) is 6.87. The maximum Gasteiger partial charge on any atom is 0.225 e. The lowest BCUT2D eigenvalue weighted by Crippen LogP contribution is -2.38. The molecule has 0 radical (unpaired) electrons. The van der Waals surface area contributed by atoms with Crippen LogP contribution in [0.1, 0.15) is 31.2 Å². The monoisotopic (exact) mass is 419 g/mol. The van der Waals surface area contributed by atoms with Gasteiger partial charge in [0.25, 0.3) is 0 Å². The molecular weight excluding hydrogens is 386 g/mol. The Morgan fingerprint density at radius 1 is 0.968 bits per heavy atom. The van der Waals surface area contributed by atoms with E-state index in [9.17, 15) is 0 Å². The van der Waals surface area contributed by atoms with Crippen LogP contribution in [0.15, 0.2) is 48.5 Å². The lowest BCUT2D eigenvalue weighted by atomic mass is 9.91. The summed E-state index contributed by atoms with van der Waals surface area (Å²) in [6.45, 7) is 3.65. The molecule has 1 fully saturated rings. The molecule has 2 aromatic carbocycles. The average Bonchev–Trinajstić information content (AvgIpc) is 2.77. The van der Waals surface area contributed by atoms with E-state index in [0.29, 0.717) is 18.7 Å². The van der Waals surface area contributed by atoms with Crippen molar-refractivity contribution in [2.24, 2.45) is 0 Å². The van der Waals surface area contributed by atoms with Crippen molar-refractivity contribution in [1.29, 1.82) is 0 Å². The normalized spacial score (nSPS) is 18.7. The number of rotatable bonds is 8. The molecule has 1 aliphatic carbocycles. The van der Waals surface area contributed by atoms with Gasteiger partial charge in [0, 0.05) is 38.1 Å². The zero-order valence-corrected chi connectivity index (χ0v) is 18.8. The molecule has 0 aliphatic heterocycles. The van der Waals surface area contributed by atoms with Crippen LogP contribution in [0.4, 0.5) is 11.8 Å². The van der Waals surface area contributed by atoms with Gasteiger partial charge in [0.05, 0.1) is 5.52 Å². The number of aromatic nitrogens is 2. The van der Waals surface area contributed by atoms with E-state index in [-0.39, 0.29) is 0 Å². The van der Waals surface area contributed by atoms with Gasteiger partial charge < -0.3 is 20.3 Å². The van der Waals surface area contributed by atoms with Gasteiger partial charge in [-0.05, 0) is 62.4 Å². The summed E-state index contributed by atoms with van der Waals surface area (Å²) in [6.07, 6.45) is 4.53. The number of benzene rings is 2. The number of anilines is 2. The molecule has 164 valence electrons. The Morgan fingerprint density at radius 3 is 2.52 bits per heavy atom. The largest absolute Gasteiger partial charge is 0.492 e. The van der Waals surface area contributed by atoms with Crippen molar-refractivity contribution in [3.05, 3.63) is 54.1 Å². The van der Waals surface area contributed by atoms with Crippen LogP contribution in [0.3, 0.4) is 0 Å². The molecule has 1 aliphatic rings. The minimum absolute atomic E-state index is 0.415. The standard InChI is InChI=1S/C25H33N5O/c1-18-7-6-8-21(17-18)31-16-15-26-19-11-13-20(14-12-19)27-25-28-23-10-5-4-9-22(23)24(29-25)30(2)3/h4-10,17,19-20,26H,11-16H2,1-3H3,(H,27,28,29). The zero-order valence-electron chi connectivity index (χ0n) is 18.8. The molecule has 1 aromatic heterocycles. The van der Waals surface area contributed by atoms with Crippen LogP contribution in [0.2, 0.25) is 0 Å². The number of para-hydroxylation sites is 1. The number of fused-ring (bicyclic) bond motifs is 1. The predicted molar refractivity (Wildman–Crippen MR) is 128 cm³/mol. The second-order valence-electron chi connectivity index (χ2n) is 8.59. The van der Waals surface area contributed by atoms with Crippen molar-refractivity contribution in [3.63, 3.8) is 0 Å². The van der Waals surface area contributed by atoms with Gasteiger partial charge in [-0.15, -0.1) is 0 Å². The van der Waals surface area contributed by atoms with Crippen molar-refractivity contribution in [2.45, 2.75) is 44.7 Å². The molecule has 0 spiro atoms. The summed E-state index contributed by atoms with van der Waals surface area (Å²) in [5.74, 6) is 2.63. The summed E-state index contributed by atoms with van der Waals surface area (Å²) in [4.78, 5) is 11.6. The molecular formula is C25H33N5O. The van der Waals surface area contributed by atoms with Crippen LogP contribution in [0, 0.1) is 6.92 Å². The summed E-state index contributed by atoms with van der Waals surface area (Å²) >= 11 is 0. The topological polar surface area (TPSA) is 62.3 Å². The van der Waals surface area contributed by atoms with Crippen molar-refractivity contribution in [1.82, 2.24) is 15.3 Å². The summed E-state index contributed by atoms with van der Waals surface area (Å²) in [5, 5.41) is 8.31. The summed E-state index contributed by atoms with van der Waals surface area (Å²) in [7, 11) is 4.05. The Hall–Kier alpha value is -2.86. The fourth-order valence-electron chi connectivity index (χ4n) is 4.23. The zero-order chi connectivity index (χ0) is 21.6. The second kappa shape index (κ2) is 9.96. The molecule has 31 heavy (non-hydrogen) atoms. The third-order valence-electron chi connectivity index (χ3n) is 5.86. The molecule has 3 aromatic rings. The van der Waals surface area contributed by atoms with E-state index < -0.39 is 0 Å². The fraction of sp³-hybridized carbons (Fsp3) is 0.440. The summed E-state index contributed by atoms with van der Waals surface area (Å²) in [6, 6.07) is 17.4. The molecule has 6 heteroatoms. The van der Waals surface area contributed by atoms with E-state index in [1.54, 1.807) is 0 Å². The maximum atomic E-state index is 5.85. The first-order valence-corrected chi connectivity index (χ1v) is 11.2. The van der Waals surface area contributed by atoms with Crippen LogP contribution in [0.5, 0.6) is 5.75 Å². The first-order valence-electron chi connectivity index (χ1n) is 11.2. The minimum Gasteiger partial charge on any atom is -0.492 e. The molecule has 1 heterocycles. The number of nitrogens with zero attached hydrogens (tertiary/aromatic N) is 3. The van der Waals surface area contributed by atoms with Crippen molar-refractivity contribution < 1.29 is 4.74 Å². The maximum absolute atomic E-state index is 5.85. The van der Waals surface area contributed by atoms with Crippen LogP contribution in [0.25, 0.3) is 10.9 Å². The van der Waals surface area contributed by atoms with Crippen molar-refractivity contribution in [2.75, 3.05) is 37.5 Å². The number of hydrogen-bond donors (Lipinski definition) is 2. The Morgan fingerprint density at radius 2 is 1.74 bits per heavy atom. The van der Waals surface area contributed by atoms with E-state index in [1.165, 1.54) is 5.56 Å². The molecule has 0 amide bonds. The Labute approximate surface area is 185 Å². The molecule has 6 nitrogen and oxygen atoms in total. The number of ether oxygens (including phenoxy) is 1. The second-order valence-corrected chi connectivity index (χ2v) is 8.59. The lowest BCUT2D eigenvalue weighted by Gasteiger charge is -2.30. The van der Waals surface area contributed by atoms with Gasteiger partial charge in [0.15, 0.2) is 0 Å². The lowest BCUT2D eigenvalue weighted by molar-refractivity contribution is 0.285. The predicted octanol–water partition coefficient (Wildman–Crippen LogP) is 4.40. The van der Waals surface area contributed by atoms with E-state index in [0.717, 1.165) is 60.6 Å². The van der Waals surface area contributed by atoms with E-state index >= 15 is 0 Å². The van der Waals surface area contributed by atoms with Gasteiger partial charge >= 0.3 is 0 Å². The quantitative estimate of drug-likeness (QED) is 0.528. The van der Waals surface area contributed by atoms with Crippen LogP contribution >= 0.6 is 0 Å². The highest BCUT2D eigenvalue weighted by Crippen LogP contribution is 2.26. The number of aryl methyl sites for hydroxylation is 1. The van der Waals surface area contributed by atoms with Gasteiger partial charge in [-0.3, -0.25) is 0 Å². The molecule has 0 atom stereocenters. The Bertz CT molecular complexity index is 998. The first kappa shape index (κ1) is 21.4. The molecule has 0 unspecified atom stereocenters. The van der Waals surface area contributed by atoms with Crippen molar-refractivity contribution >= 4 is 22.7 Å². The highest BCUT2D eigenvalue weighted by Gasteiger charge is 2.22. The SMILES string of the molecule is Cc1cccc(OCCNC2CCC(Nc3nc(N(C)C)c4ccccc4n3)CC2)c1. The van der Waals surface area contributed by atoms with Crippen LogP contribution in [-0.2, 0) is 0 Å². The minimum atomic E-state index is 0.415. The molecule has 4 rings (SSSR count). The fourth-order valence-corrected chi connectivity index (χ4v) is 4.23. The van der Waals surface area contributed by atoms with Crippen molar-refractivity contribution in [3.8, 4) is 5.75 Å². The molecule has 0 bridgehead atoms. The van der Waals surface area contributed by atoms with Gasteiger partial charge in [-0.25, -0.2) is 4.98 Å². The summed E-state index contributed by atoms with van der Waals surface area (Å²) in [5.41, 5.74) is 2.21. The molecule has 1 saturated carbocycles. The van der Waals surface area contributed by atoms with Crippen LogP contribution in [-0.4, -0.2) is 49.3 Å². The van der Waals surface area contributed by atoms with Gasteiger partial charge in [0.2, 0.25) is 5.95 Å². The van der Waals surface area contributed by atoms with E-state index in [1.807, 2.05) is 38.4 Å². The third kappa shape index (κ3) is 5.64. The Balaban J connectivity index is 1.25. The average molecular weight is 420 g/mol. The van der Waals surface area contributed by atoms with E-state index in [4.69, 9.17) is 14.7 Å².